The largest absolute Gasteiger partial charge is 0.321 e. The number of carbonyl (C=O) groups excluding carboxylic acids is 2. The number of fused-ring (bicyclic) bond motifs is 1. The molecule has 0 unspecified atom stereocenters. The van der Waals surface area contributed by atoms with Crippen molar-refractivity contribution in [3.05, 3.63) is 58.1 Å². The Hall–Kier alpha value is -2.19. The first kappa shape index (κ1) is 14.7. The van der Waals surface area contributed by atoms with Crippen LogP contribution in [0.2, 0.25) is 0 Å². The lowest BCUT2D eigenvalue weighted by atomic mass is 10.1. The minimum Gasteiger partial charge on any atom is -0.321 e. The van der Waals surface area contributed by atoms with Crippen LogP contribution in [0, 0.1) is 0 Å². The summed E-state index contributed by atoms with van der Waals surface area (Å²) < 4.78 is 26.2. The molecule has 1 aliphatic rings. The first-order chi connectivity index (χ1) is 10.4. The molecule has 0 aliphatic carbocycles. The summed E-state index contributed by atoms with van der Waals surface area (Å²) in [6, 6.07) is 11.0. The fraction of sp³-hybridized carbons (Fsp3) is 0. The van der Waals surface area contributed by atoms with Crippen molar-refractivity contribution in [3.63, 3.8) is 0 Å². The van der Waals surface area contributed by atoms with Gasteiger partial charge in [-0.25, -0.2) is 13.1 Å². The average molecular weight is 381 g/mol. The van der Waals surface area contributed by atoms with Gasteiger partial charge in [-0.15, -0.1) is 0 Å². The maximum Gasteiger partial charge on any atom is 0.268 e. The van der Waals surface area contributed by atoms with E-state index in [0.29, 0.717) is 5.56 Å². The number of nitrogens with one attached hydrogen (secondary N) is 2. The van der Waals surface area contributed by atoms with E-state index in [4.69, 9.17) is 0 Å². The van der Waals surface area contributed by atoms with Gasteiger partial charge < -0.3 is 5.32 Å². The van der Waals surface area contributed by atoms with Gasteiger partial charge in [-0.3, -0.25) is 9.59 Å². The van der Waals surface area contributed by atoms with E-state index < -0.39 is 21.8 Å². The molecular weight excluding hydrogens is 372 g/mol. The van der Waals surface area contributed by atoms with Crippen molar-refractivity contribution in [1.82, 2.24) is 4.72 Å². The lowest BCUT2D eigenvalue weighted by Gasteiger charge is -2.08. The van der Waals surface area contributed by atoms with E-state index in [0.717, 1.165) is 4.47 Å². The van der Waals surface area contributed by atoms with Crippen molar-refractivity contribution in [1.29, 1.82) is 0 Å². The molecule has 0 bridgehead atoms. The molecule has 3 rings (SSSR count). The van der Waals surface area contributed by atoms with Gasteiger partial charge in [0, 0.05) is 10.0 Å². The topological polar surface area (TPSA) is 92.3 Å². The maximum absolute atomic E-state index is 12.2. The SMILES string of the molecule is O=C(Nc1cccc2c1C(=O)NS2(=O)=O)c1cccc(Br)c1. The molecule has 2 amide bonds. The van der Waals surface area contributed by atoms with E-state index in [1.807, 2.05) is 4.72 Å². The Kier molecular flexibility index (Phi) is 3.50. The third kappa shape index (κ3) is 2.51. The molecule has 8 heteroatoms. The van der Waals surface area contributed by atoms with Crippen molar-refractivity contribution < 1.29 is 18.0 Å². The van der Waals surface area contributed by atoms with E-state index in [1.54, 1.807) is 24.3 Å². The number of carbonyl (C=O) groups is 2. The van der Waals surface area contributed by atoms with Gasteiger partial charge in [0.2, 0.25) is 0 Å². The van der Waals surface area contributed by atoms with E-state index in [9.17, 15) is 18.0 Å². The quantitative estimate of drug-likeness (QED) is 0.834. The summed E-state index contributed by atoms with van der Waals surface area (Å²) in [5, 5.41) is 2.57. The highest BCUT2D eigenvalue weighted by atomic mass is 79.9. The highest BCUT2D eigenvalue weighted by Gasteiger charge is 2.34. The number of hydrogen-bond donors (Lipinski definition) is 2. The lowest BCUT2D eigenvalue weighted by Crippen LogP contribution is -2.21. The van der Waals surface area contributed by atoms with Crippen molar-refractivity contribution >= 4 is 43.5 Å². The van der Waals surface area contributed by atoms with E-state index >= 15 is 0 Å². The molecule has 112 valence electrons. The van der Waals surface area contributed by atoms with Gasteiger partial charge in [0.25, 0.3) is 21.8 Å². The molecule has 2 aromatic carbocycles. The zero-order valence-electron chi connectivity index (χ0n) is 11.0. The number of hydrogen-bond acceptors (Lipinski definition) is 4. The molecule has 0 atom stereocenters. The van der Waals surface area contributed by atoms with Crippen molar-refractivity contribution in [2.24, 2.45) is 0 Å². The molecule has 1 heterocycles. The molecule has 0 saturated carbocycles. The van der Waals surface area contributed by atoms with Gasteiger partial charge in [0.1, 0.15) is 4.90 Å². The molecule has 22 heavy (non-hydrogen) atoms. The van der Waals surface area contributed by atoms with Gasteiger partial charge in [-0.1, -0.05) is 28.1 Å². The van der Waals surface area contributed by atoms with Crippen LogP contribution in [0.25, 0.3) is 0 Å². The summed E-state index contributed by atoms with van der Waals surface area (Å²) in [4.78, 5) is 23.9. The molecule has 6 nitrogen and oxygen atoms in total. The number of sulfonamides is 1. The van der Waals surface area contributed by atoms with Crippen molar-refractivity contribution in [2.45, 2.75) is 4.90 Å². The van der Waals surface area contributed by atoms with Gasteiger partial charge in [-0.05, 0) is 30.3 Å². The second kappa shape index (κ2) is 5.22. The zero-order chi connectivity index (χ0) is 15.9. The van der Waals surface area contributed by atoms with Gasteiger partial charge in [-0.2, -0.15) is 0 Å². The van der Waals surface area contributed by atoms with Crippen LogP contribution in [0.3, 0.4) is 0 Å². The Labute approximate surface area is 134 Å². The minimum atomic E-state index is -3.84. The Balaban J connectivity index is 2.00. The molecule has 1 aliphatic heterocycles. The fourth-order valence-corrected chi connectivity index (χ4v) is 3.73. The number of benzene rings is 2. The predicted molar refractivity (Wildman–Crippen MR) is 83.2 cm³/mol. The van der Waals surface area contributed by atoms with Crippen molar-refractivity contribution in [2.75, 3.05) is 5.32 Å². The van der Waals surface area contributed by atoms with Crippen LogP contribution in [0.5, 0.6) is 0 Å². The van der Waals surface area contributed by atoms with E-state index in [1.165, 1.54) is 18.2 Å². The standard InChI is InChI=1S/C14H9BrN2O4S/c15-9-4-1-3-8(7-9)13(18)16-10-5-2-6-11-12(10)14(19)17-22(11,20)21/h1-7H,(H,16,18)(H,17,19). The van der Waals surface area contributed by atoms with Crippen LogP contribution in [0.15, 0.2) is 51.8 Å². The lowest BCUT2D eigenvalue weighted by molar-refractivity contribution is 0.0986. The Morgan fingerprint density at radius 1 is 1.14 bits per heavy atom. The molecule has 0 fully saturated rings. The predicted octanol–water partition coefficient (Wildman–Crippen LogP) is 2.13. The molecular formula is C14H9BrN2O4S. The summed E-state index contributed by atoms with van der Waals surface area (Å²) in [6.07, 6.45) is 0. The van der Waals surface area contributed by atoms with Gasteiger partial charge in [0.15, 0.2) is 0 Å². The van der Waals surface area contributed by atoms with Crippen LogP contribution in [-0.2, 0) is 10.0 Å². The first-order valence-electron chi connectivity index (χ1n) is 6.15. The van der Waals surface area contributed by atoms with Crippen LogP contribution >= 0.6 is 15.9 Å². The number of halogens is 1. The molecule has 0 radical (unpaired) electrons. The highest BCUT2D eigenvalue weighted by molar-refractivity contribution is 9.10. The third-order valence-corrected chi connectivity index (χ3v) is 4.97. The second-order valence-electron chi connectivity index (χ2n) is 4.58. The van der Waals surface area contributed by atoms with Crippen LogP contribution < -0.4 is 10.0 Å². The Morgan fingerprint density at radius 3 is 2.59 bits per heavy atom. The fourth-order valence-electron chi connectivity index (χ4n) is 2.15. The summed E-state index contributed by atoms with van der Waals surface area (Å²) in [6.45, 7) is 0. The summed E-state index contributed by atoms with van der Waals surface area (Å²) in [7, 11) is -3.84. The van der Waals surface area contributed by atoms with E-state index in [-0.39, 0.29) is 16.1 Å². The van der Waals surface area contributed by atoms with Crippen LogP contribution in [-0.4, -0.2) is 20.2 Å². The highest BCUT2D eigenvalue weighted by Crippen LogP contribution is 2.29. The summed E-state index contributed by atoms with van der Waals surface area (Å²) in [5.74, 6) is -1.19. The molecule has 0 saturated heterocycles. The average Bonchev–Trinajstić information content (AvgIpc) is 2.69. The molecule has 2 aromatic rings. The number of amides is 2. The molecule has 0 spiro atoms. The molecule has 2 N–H and O–H groups in total. The van der Waals surface area contributed by atoms with Gasteiger partial charge in [0.05, 0.1) is 11.3 Å². The van der Waals surface area contributed by atoms with E-state index in [2.05, 4.69) is 21.2 Å². The smallest absolute Gasteiger partial charge is 0.268 e. The monoisotopic (exact) mass is 380 g/mol. The Bertz CT molecular complexity index is 909. The second-order valence-corrected chi connectivity index (χ2v) is 7.14. The van der Waals surface area contributed by atoms with Crippen LogP contribution in [0.1, 0.15) is 20.7 Å². The third-order valence-electron chi connectivity index (χ3n) is 3.10. The Morgan fingerprint density at radius 2 is 1.86 bits per heavy atom. The van der Waals surface area contributed by atoms with Gasteiger partial charge >= 0.3 is 0 Å². The number of rotatable bonds is 2. The number of anilines is 1. The van der Waals surface area contributed by atoms with Crippen molar-refractivity contribution in [3.8, 4) is 0 Å². The summed E-state index contributed by atoms with van der Waals surface area (Å²) in [5.41, 5.74) is 0.486. The first-order valence-corrected chi connectivity index (χ1v) is 8.43. The summed E-state index contributed by atoms with van der Waals surface area (Å²) >= 11 is 3.27. The maximum atomic E-state index is 12.2. The van der Waals surface area contributed by atoms with Crippen LogP contribution in [0.4, 0.5) is 5.69 Å². The molecule has 0 aromatic heterocycles. The normalized spacial score (nSPS) is 15.0. The minimum absolute atomic E-state index is 0.0501. The zero-order valence-corrected chi connectivity index (χ0v) is 13.4.